The SMILES string of the molecule is CC(NC(=O)c1cc([N+](=O)[O-])ccc1N(CCCl)CCCl)N(C)C. The first-order valence-electron chi connectivity index (χ1n) is 7.44. The van der Waals surface area contributed by atoms with E-state index in [9.17, 15) is 14.9 Å². The lowest BCUT2D eigenvalue weighted by molar-refractivity contribution is -0.384. The van der Waals surface area contributed by atoms with Crippen molar-refractivity contribution in [3.63, 3.8) is 0 Å². The summed E-state index contributed by atoms with van der Waals surface area (Å²) in [4.78, 5) is 26.8. The second kappa shape index (κ2) is 9.66. The van der Waals surface area contributed by atoms with Crippen LogP contribution in [0.5, 0.6) is 0 Å². The largest absolute Gasteiger partial charge is 0.368 e. The summed E-state index contributed by atoms with van der Waals surface area (Å²) in [5, 5.41) is 13.9. The first-order valence-corrected chi connectivity index (χ1v) is 8.51. The van der Waals surface area contributed by atoms with E-state index < -0.39 is 4.92 Å². The van der Waals surface area contributed by atoms with E-state index in [-0.39, 0.29) is 23.3 Å². The van der Waals surface area contributed by atoms with Crippen LogP contribution >= 0.6 is 23.2 Å². The summed E-state index contributed by atoms with van der Waals surface area (Å²) in [5.41, 5.74) is 0.664. The molecule has 134 valence electrons. The average molecular weight is 377 g/mol. The second-order valence-corrected chi connectivity index (χ2v) is 6.19. The Hall–Kier alpha value is -1.57. The zero-order valence-electron chi connectivity index (χ0n) is 14.0. The number of non-ortho nitro benzene ring substituents is 1. The molecule has 24 heavy (non-hydrogen) atoms. The van der Waals surface area contributed by atoms with Crippen molar-refractivity contribution >= 4 is 40.5 Å². The molecule has 1 rings (SSSR count). The van der Waals surface area contributed by atoms with Gasteiger partial charge in [0, 0.05) is 37.0 Å². The summed E-state index contributed by atoms with van der Waals surface area (Å²) in [7, 11) is 3.65. The number of nitro groups is 1. The van der Waals surface area contributed by atoms with Crippen LogP contribution in [0.4, 0.5) is 11.4 Å². The minimum Gasteiger partial charge on any atom is -0.368 e. The molecule has 0 saturated heterocycles. The Balaban J connectivity index is 3.27. The van der Waals surface area contributed by atoms with E-state index in [2.05, 4.69) is 5.32 Å². The molecule has 1 atom stereocenters. The third-order valence-corrected chi connectivity index (χ3v) is 3.94. The molecule has 0 radical (unpaired) electrons. The standard InChI is InChI=1S/C15H22Cl2N4O3/c1-11(19(2)3)18-15(22)13-10-12(21(23)24)4-5-14(13)20(8-6-16)9-7-17/h4-5,10-11H,6-9H2,1-3H3,(H,18,22). The average Bonchev–Trinajstić information content (AvgIpc) is 2.53. The maximum atomic E-state index is 12.6. The molecule has 1 amide bonds. The first kappa shape index (κ1) is 20.5. The molecule has 0 aliphatic rings. The number of hydrogen-bond acceptors (Lipinski definition) is 5. The lowest BCUT2D eigenvalue weighted by atomic mass is 10.1. The molecule has 1 N–H and O–H groups in total. The Kier molecular flexibility index (Phi) is 8.24. The van der Waals surface area contributed by atoms with Crippen molar-refractivity contribution in [2.45, 2.75) is 13.1 Å². The Labute approximate surface area is 151 Å². The third-order valence-electron chi connectivity index (χ3n) is 3.60. The molecule has 0 aliphatic heterocycles. The van der Waals surface area contributed by atoms with Gasteiger partial charge in [0.2, 0.25) is 0 Å². The molecule has 0 bridgehead atoms. The van der Waals surface area contributed by atoms with Gasteiger partial charge >= 0.3 is 0 Å². The lowest BCUT2D eigenvalue weighted by Crippen LogP contribution is -2.43. The van der Waals surface area contributed by atoms with Gasteiger partial charge in [-0.15, -0.1) is 23.2 Å². The van der Waals surface area contributed by atoms with Crippen molar-refractivity contribution in [2.75, 3.05) is 43.8 Å². The number of amides is 1. The van der Waals surface area contributed by atoms with Gasteiger partial charge in [-0.05, 0) is 27.1 Å². The predicted octanol–water partition coefficient (Wildman–Crippen LogP) is 2.52. The highest BCUT2D eigenvalue weighted by atomic mass is 35.5. The molecule has 0 heterocycles. The fourth-order valence-corrected chi connectivity index (χ4v) is 2.46. The van der Waals surface area contributed by atoms with E-state index in [0.717, 1.165) is 0 Å². The molecule has 1 aromatic rings. The van der Waals surface area contributed by atoms with Gasteiger partial charge in [-0.3, -0.25) is 19.8 Å². The number of nitrogens with zero attached hydrogens (tertiary/aromatic N) is 3. The summed E-state index contributed by atoms with van der Waals surface area (Å²) in [6.07, 6.45) is -0.223. The van der Waals surface area contributed by atoms with Crippen LogP contribution in [-0.4, -0.2) is 60.8 Å². The van der Waals surface area contributed by atoms with Crippen LogP contribution < -0.4 is 10.2 Å². The van der Waals surface area contributed by atoms with Crippen LogP contribution in [0.15, 0.2) is 18.2 Å². The molecule has 9 heteroatoms. The number of halogens is 2. The van der Waals surface area contributed by atoms with Crippen LogP contribution in [0, 0.1) is 10.1 Å². The molecular formula is C15H22Cl2N4O3. The first-order chi connectivity index (χ1) is 11.3. The van der Waals surface area contributed by atoms with Gasteiger partial charge < -0.3 is 10.2 Å². The fraction of sp³-hybridized carbons (Fsp3) is 0.533. The topological polar surface area (TPSA) is 78.7 Å². The minimum atomic E-state index is -0.524. The Morgan fingerprint density at radius 1 is 1.29 bits per heavy atom. The fourth-order valence-electron chi connectivity index (χ4n) is 2.05. The summed E-state index contributed by atoms with van der Waals surface area (Å²) < 4.78 is 0. The third kappa shape index (κ3) is 5.51. The van der Waals surface area contributed by atoms with Crippen molar-refractivity contribution in [3.8, 4) is 0 Å². The molecule has 0 fully saturated rings. The summed E-state index contributed by atoms with van der Waals surface area (Å²) in [5.74, 6) is 0.315. The van der Waals surface area contributed by atoms with Crippen LogP contribution in [0.2, 0.25) is 0 Å². The van der Waals surface area contributed by atoms with Gasteiger partial charge in [-0.2, -0.15) is 0 Å². The quantitative estimate of drug-likeness (QED) is 0.310. The normalized spacial score (nSPS) is 12.1. The summed E-state index contributed by atoms with van der Waals surface area (Å²) >= 11 is 11.6. The molecule has 7 nitrogen and oxygen atoms in total. The maximum absolute atomic E-state index is 12.6. The van der Waals surface area contributed by atoms with E-state index in [4.69, 9.17) is 23.2 Å². The van der Waals surface area contributed by atoms with Gasteiger partial charge in [-0.1, -0.05) is 0 Å². The highest BCUT2D eigenvalue weighted by molar-refractivity contribution is 6.18. The Bertz CT molecular complexity index is 578. The molecule has 0 saturated carbocycles. The minimum absolute atomic E-state index is 0.141. The van der Waals surface area contributed by atoms with E-state index in [1.807, 2.05) is 30.8 Å². The zero-order valence-corrected chi connectivity index (χ0v) is 15.5. The highest BCUT2D eigenvalue weighted by Crippen LogP contribution is 2.26. The highest BCUT2D eigenvalue weighted by Gasteiger charge is 2.21. The molecule has 0 aliphatic carbocycles. The number of benzene rings is 1. The van der Waals surface area contributed by atoms with Gasteiger partial charge in [0.25, 0.3) is 11.6 Å². The monoisotopic (exact) mass is 376 g/mol. The maximum Gasteiger partial charge on any atom is 0.270 e. The molecular weight excluding hydrogens is 355 g/mol. The lowest BCUT2D eigenvalue weighted by Gasteiger charge is -2.26. The molecule has 0 spiro atoms. The van der Waals surface area contributed by atoms with Crippen molar-refractivity contribution in [2.24, 2.45) is 0 Å². The molecule has 1 unspecified atom stereocenters. The van der Waals surface area contributed by atoms with E-state index in [0.29, 0.717) is 30.5 Å². The van der Waals surface area contributed by atoms with Crippen molar-refractivity contribution in [1.82, 2.24) is 10.2 Å². The van der Waals surface area contributed by atoms with Crippen LogP contribution in [0.3, 0.4) is 0 Å². The van der Waals surface area contributed by atoms with Gasteiger partial charge in [0.15, 0.2) is 0 Å². The van der Waals surface area contributed by atoms with E-state index in [1.54, 1.807) is 6.07 Å². The number of rotatable bonds is 9. The number of alkyl halides is 2. The van der Waals surface area contributed by atoms with E-state index in [1.165, 1.54) is 12.1 Å². The van der Waals surface area contributed by atoms with Crippen LogP contribution in [0.1, 0.15) is 17.3 Å². The summed E-state index contributed by atoms with van der Waals surface area (Å²) in [6, 6.07) is 4.21. The number of carbonyl (C=O) groups excluding carboxylic acids is 1. The second-order valence-electron chi connectivity index (χ2n) is 5.44. The van der Waals surface area contributed by atoms with Crippen molar-refractivity contribution in [1.29, 1.82) is 0 Å². The smallest absolute Gasteiger partial charge is 0.270 e. The van der Waals surface area contributed by atoms with E-state index >= 15 is 0 Å². The van der Waals surface area contributed by atoms with Crippen molar-refractivity contribution < 1.29 is 9.72 Å². The number of carbonyl (C=O) groups is 1. The predicted molar refractivity (Wildman–Crippen MR) is 97.4 cm³/mol. The number of nitrogens with one attached hydrogen (secondary N) is 1. The molecule has 1 aromatic carbocycles. The number of hydrogen-bond donors (Lipinski definition) is 1. The van der Waals surface area contributed by atoms with Gasteiger partial charge in [0.05, 0.1) is 22.3 Å². The number of anilines is 1. The van der Waals surface area contributed by atoms with Gasteiger partial charge in [0.1, 0.15) is 0 Å². The van der Waals surface area contributed by atoms with Crippen LogP contribution in [-0.2, 0) is 0 Å². The van der Waals surface area contributed by atoms with Crippen LogP contribution in [0.25, 0.3) is 0 Å². The van der Waals surface area contributed by atoms with Gasteiger partial charge in [-0.25, -0.2) is 0 Å². The van der Waals surface area contributed by atoms with Crippen molar-refractivity contribution in [3.05, 3.63) is 33.9 Å². The number of nitro benzene ring substituents is 1. The Morgan fingerprint density at radius 3 is 2.33 bits per heavy atom. The Morgan fingerprint density at radius 2 is 1.88 bits per heavy atom. The summed E-state index contributed by atoms with van der Waals surface area (Å²) in [6.45, 7) is 2.79. The zero-order chi connectivity index (χ0) is 18.3. The molecule has 0 aromatic heterocycles.